The van der Waals surface area contributed by atoms with E-state index >= 15 is 0 Å². The molecular weight excluding hydrogens is 131 g/mol. The normalized spacial score (nSPS) is 14.7. The molecule has 0 saturated heterocycles. The summed E-state index contributed by atoms with van der Waals surface area (Å²) in [6.45, 7) is 0. The van der Waals surface area contributed by atoms with E-state index in [0.29, 0.717) is 0 Å². The van der Waals surface area contributed by atoms with Gasteiger partial charge in [0.15, 0.2) is 8.52 Å². The van der Waals surface area contributed by atoms with Crippen molar-refractivity contribution in [2.75, 3.05) is 0 Å². The lowest BCUT2D eigenvalue weighted by molar-refractivity contribution is 1.41. The topological polar surface area (TPSA) is 26.5 Å². The molecule has 0 unspecified atom stereocenters. The molecule has 1 heterocycles. The Kier molecular flexibility index (Phi) is 0.998. The van der Waals surface area contributed by atoms with Gasteiger partial charge in [0.1, 0.15) is 0 Å². The molecule has 43 valence electrons. The zero-order chi connectivity index (χ0) is 6.10. The van der Waals surface area contributed by atoms with Gasteiger partial charge in [-0.05, 0) is 12.1 Å². The van der Waals surface area contributed by atoms with Gasteiger partial charge in [0.25, 0.3) is 0 Å². The second kappa shape index (κ2) is 1.82. The Morgan fingerprint density at radius 1 is 1.11 bits per heavy atom. The Morgan fingerprint density at radius 2 is 1.89 bits per heavy atom. The number of benzene rings is 1. The average molecular weight is 135 g/mol. The van der Waals surface area contributed by atoms with Gasteiger partial charge in [-0.25, -0.2) is 9.83 Å². The summed E-state index contributed by atoms with van der Waals surface area (Å²) in [4.78, 5) is 0. The number of fused-ring (bicyclic) bond motifs is 1. The number of nitrogens with zero attached hydrogens (tertiary/aromatic N) is 2. The van der Waals surface area contributed by atoms with Crippen molar-refractivity contribution in [1.82, 2.24) is 5.09 Å². The summed E-state index contributed by atoms with van der Waals surface area (Å²) in [5, 5.41) is 4.10. The molecule has 2 rings (SSSR count). The van der Waals surface area contributed by atoms with Crippen LogP contribution in [0.5, 0.6) is 0 Å². The van der Waals surface area contributed by atoms with Crippen LogP contribution in [-0.2, 0) is 0 Å². The fourth-order valence-electron chi connectivity index (χ4n) is 0.752. The van der Waals surface area contributed by atoms with Crippen molar-refractivity contribution in [3.05, 3.63) is 24.3 Å². The van der Waals surface area contributed by atoms with Crippen molar-refractivity contribution < 1.29 is 0 Å². The molecule has 9 heavy (non-hydrogen) atoms. The minimum absolute atomic E-state index is 0.825. The van der Waals surface area contributed by atoms with E-state index in [-0.39, 0.29) is 0 Å². The highest BCUT2D eigenvalue weighted by molar-refractivity contribution is 7.25. The molecule has 1 aromatic carbocycles. The van der Waals surface area contributed by atoms with Crippen LogP contribution in [0.15, 0.2) is 29.0 Å². The molecule has 0 amide bonds. The van der Waals surface area contributed by atoms with Gasteiger partial charge in [0.05, 0.1) is 11.4 Å². The molecule has 2 nitrogen and oxygen atoms in total. The van der Waals surface area contributed by atoms with Crippen molar-refractivity contribution in [1.29, 1.82) is 0 Å². The van der Waals surface area contributed by atoms with Crippen LogP contribution in [0, 0.1) is 0 Å². The van der Waals surface area contributed by atoms with Crippen molar-refractivity contribution in [3.8, 4) is 0 Å². The Balaban J connectivity index is 2.63. The maximum absolute atomic E-state index is 4.10. The molecule has 1 aromatic rings. The molecule has 0 aliphatic carbocycles. The lowest BCUT2D eigenvalue weighted by atomic mass is 10.3. The molecule has 0 bridgehead atoms. The third-order valence-corrected chi connectivity index (χ3v) is 1.80. The maximum Gasteiger partial charge on any atom is 0.155 e. The second-order valence-corrected chi connectivity index (χ2v) is 2.36. The van der Waals surface area contributed by atoms with Crippen LogP contribution in [0.2, 0.25) is 0 Å². The van der Waals surface area contributed by atoms with Gasteiger partial charge in [-0.15, -0.1) is 0 Å². The minimum atomic E-state index is 0.825. The SMILES string of the molecule is c1ccc2c(c1)[N]P=N2. The summed E-state index contributed by atoms with van der Waals surface area (Å²) in [5.74, 6) is 0. The highest BCUT2D eigenvalue weighted by Crippen LogP contribution is 2.35. The zero-order valence-corrected chi connectivity index (χ0v) is 5.55. The van der Waals surface area contributed by atoms with Crippen molar-refractivity contribution in [2.45, 2.75) is 0 Å². The standard InChI is InChI=1S/C6H4N2P/c1-2-4-6-5(3-1)7-9-8-6/h1-4H. The molecule has 1 aliphatic heterocycles. The lowest BCUT2D eigenvalue weighted by Gasteiger charge is -1.89. The summed E-state index contributed by atoms with van der Waals surface area (Å²) in [6.07, 6.45) is 0. The van der Waals surface area contributed by atoms with E-state index in [1.54, 1.807) is 0 Å². The Bertz CT molecular complexity index is 257. The monoisotopic (exact) mass is 135 g/mol. The molecule has 0 spiro atoms. The van der Waals surface area contributed by atoms with Gasteiger partial charge in [0, 0.05) is 0 Å². The average Bonchev–Trinajstić information content (AvgIpc) is 2.33. The first-order valence-corrected chi connectivity index (χ1v) is 3.47. The van der Waals surface area contributed by atoms with E-state index in [1.165, 1.54) is 0 Å². The fourth-order valence-corrected chi connectivity index (χ4v) is 1.33. The summed E-state index contributed by atoms with van der Waals surface area (Å²) < 4.78 is 4.10. The van der Waals surface area contributed by atoms with Crippen LogP contribution in [0.25, 0.3) is 0 Å². The van der Waals surface area contributed by atoms with Gasteiger partial charge >= 0.3 is 0 Å². The largest absolute Gasteiger partial charge is 0.206 e. The molecule has 0 N–H and O–H groups in total. The molecule has 1 aliphatic rings. The first-order chi connectivity index (χ1) is 4.47. The fraction of sp³-hybridized carbons (Fsp3) is 0. The van der Waals surface area contributed by atoms with Gasteiger partial charge in [-0.1, -0.05) is 12.1 Å². The molecule has 0 aromatic heterocycles. The third kappa shape index (κ3) is 0.718. The smallest absolute Gasteiger partial charge is 0.155 e. The van der Waals surface area contributed by atoms with E-state index in [1.807, 2.05) is 24.3 Å². The van der Waals surface area contributed by atoms with Crippen LogP contribution < -0.4 is 5.09 Å². The first-order valence-electron chi connectivity index (χ1n) is 2.67. The minimum Gasteiger partial charge on any atom is -0.206 e. The Labute approximate surface area is 54.9 Å². The number of rotatable bonds is 0. The van der Waals surface area contributed by atoms with E-state index in [9.17, 15) is 0 Å². The Hall–Kier alpha value is -0.880. The predicted octanol–water partition coefficient (Wildman–Crippen LogP) is 2.61. The Morgan fingerprint density at radius 3 is 2.67 bits per heavy atom. The molecule has 0 saturated carbocycles. The quantitative estimate of drug-likeness (QED) is 0.489. The number of hydrogen-bond acceptors (Lipinski definition) is 1. The van der Waals surface area contributed by atoms with Crippen molar-refractivity contribution >= 4 is 19.9 Å². The van der Waals surface area contributed by atoms with Gasteiger partial charge in [0.2, 0.25) is 0 Å². The lowest BCUT2D eigenvalue weighted by Crippen LogP contribution is -1.71. The summed E-state index contributed by atoms with van der Waals surface area (Å²) >= 11 is 0. The van der Waals surface area contributed by atoms with Crippen LogP contribution in [0.1, 0.15) is 0 Å². The third-order valence-electron chi connectivity index (χ3n) is 1.19. The maximum atomic E-state index is 4.10. The molecule has 0 fully saturated rings. The van der Waals surface area contributed by atoms with Gasteiger partial charge in [-0.2, -0.15) is 0 Å². The van der Waals surface area contributed by atoms with Gasteiger partial charge < -0.3 is 0 Å². The van der Waals surface area contributed by atoms with Crippen molar-refractivity contribution in [2.24, 2.45) is 4.74 Å². The van der Waals surface area contributed by atoms with Crippen LogP contribution >= 0.6 is 8.52 Å². The van der Waals surface area contributed by atoms with E-state index in [0.717, 1.165) is 19.9 Å². The van der Waals surface area contributed by atoms with E-state index in [2.05, 4.69) is 9.83 Å². The molecular formula is C6H4N2P. The van der Waals surface area contributed by atoms with E-state index < -0.39 is 0 Å². The zero-order valence-electron chi connectivity index (χ0n) is 4.65. The molecule has 3 heteroatoms. The highest BCUT2D eigenvalue weighted by Gasteiger charge is 2.04. The van der Waals surface area contributed by atoms with Crippen LogP contribution in [-0.4, -0.2) is 0 Å². The highest BCUT2D eigenvalue weighted by atomic mass is 31.1. The summed E-state index contributed by atoms with van der Waals surface area (Å²) in [7, 11) is 0.825. The van der Waals surface area contributed by atoms with Crippen LogP contribution in [0.3, 0.4) is 0 Å². The van der Waals surface area contributed by atoms with Gasteiger partial charge in [-0.3, -0.25) is 0 Å². The summed E-state index contributed by atoms with van der Waals surface area (Å²) in [5.41, 5.74) is 2.03. The predicted molar refractivity (Wildman–Crippen MR) is 37.2 cm³/mol. The summed E-state index contributed by atoms with van der Waals surface area (Å²) in [6, 6.07) is 7.88. The first kappa shape index (κ1) is 4.95. The molecule has 1 radical (unpaired) electrons. The second-order valence-electron chi connectivity index (χ2n) is 1.78. The van der Waals surface area contributed by atoms with E-state index in [4.69, 9.17) is 0 Å². The molecule has 0 atom stereocenters. The number of hydrogen-bond donors (Lipinski definition) is 0. The van der Waals surface area contributed by atoms with Crippen molar-refractivity contribution in [3.63, 3.8) is 0 Å². The van der Waals surface area contributed by atoms with Crippen LogP contribution in [0.4, 0.5) is 11.4 Å².